The van der Waals surface area contributed by atoms with Crippen molar-refractivity contribution < 1.29 is 0 Å². The standard InChI is InChI=1S/C26H50/c1-3-5-11-23-15-19-25(20-16-23)13-9-7-8-10-14-26-21-17-24(18-22-26)12-6-4-2/h23-26H,3-22H2,1-2H3. The van der Waals surface area contributed by atoms with Crippen LogP contribution in [-0.2, 0) is 0 Å². The first-order valence-electron chi connectivity index (χ1n) is 12.8. The zero-order chi connectivity index (χ0) is 18.5. The average molecular weight is 363 g/mol. The molecule has 0 amide bonds. The van der Waals surface area contributed by atoms with E-state index >= 15 is 0 Å². The highest BCUT2D eigenvalue weighted by atomic mass is 14.3. The van der Waals surface area contributed by atoms with Gasteiger partial charge < -0.3 is 0 Å². The van der Waals surface area contributed by atoms with E-state index < -0.39 is 0 Å². The van der Waals surface area contributed by atoms with Gasteiger partial charge in [-0.05, 0) is 23.7 Å². The molecule has 154 valence electrons. The molecule has 2 fully saturated rings. The Balaban J connectivity index is 1.39. The summed E-state index contributed by atoms with van der Waals surface area (Å²) in [6, 6.07) is 0. The van der Waals surface area contributed by atoms with E-state index in [1.807, 2.05) is 0 Å². The fourth-order valence-electron chi connectivity index (χ4n) is 5.82. The van der Waals surface area contributed by atoms with Gasteiger partial charge in [0.1, 0.15) is 0 Å². The Morgan fingerprint density at radius 3 is 0.923 bits per heavy atom. The smallest absolute Gasteiger partial charge is 0.0414 e. The summed E-state index contributed by atoms with van der Waals surface area (Å²) in [6.07, 6.45) is 30.3. The number of rotatable bonds is 13. The third kappa shape index (κ3) is 9.27. The van der Waals surface area contributed by atoms with Crippen molar-refractivity contribution in [3.63, 3.8) is 0 Å². The first-order valence-corrected chi connectivity index (χ1v) is 12.8. The van der Waals surface area contributed by atoms with Gasteiger partial charge in [-0.15, -0.1) is 0 Å². The second-order valence-electron chi connectivity index (χ2n) is 10.0. The molecule has 0 bridgehead atoms. The molecular formula is C26H50. The average Bonchev–Trinajstić information content (AvgIpc) is 2.69. The Morgan fingerprint density at radius 2 is 0.654 bits per heavy atom. The molecule has 2 aliphatic carbocycles. The quantitative estimate of drug-likeness (QED) is 0.286. The molecule has 0 atom stereocenters. The van der Waals surface area contributed by atoms with Crippen LogP contribution in [0.3, 0.4) is 0 Å². The monoisotopic (exact) mass is 362 g/mol. The van der Waals surface area contributed by atoms with Crippen molar-refractivity contribution in [2.24, 2.45) is 23.7 Å². The van der Waals surface area contributed by atoms with Gasteiger partial charge in [-0.25, -0.2) is 0 Å². The Kier molecular flexibility index (Phi) is 12.1. The molecule has 0 saturated heterocycles. The fraction of sp³-hybridized carbons (Fsp3) is 1.00. The third-order valence-corrected chi connectivity index (χ3v) is 7.84. The van der Waals surface area contributed by atoms with Crippen LogP contribution in [0, 0.1) is 23.7 Å². The molecule has 2 saturated carbocycles. The van der Waals surface area contributed by atoms with Crippen LogP contribution in [0.1, 0.15) is 142 Å². The summed E-state index contributed by atoms with van der Waals surface area (Å²) in [4.78, 5) is 0. The second kappa shape index (κ2) is 14.1. The van der Waals surface area contributed by atoms with Crippen molar-refractivity contribution in [2.45, 2.75) is 142 Å². The Morgan fingerprint density at radius 1 is 0.385 bits per heavy atom. The van der Waals surface area contributed by atoms with Gasteiger partial charge >= 0.3 is 0 Å². The summed E-state index contributed by atoms with van der Waals surface area (Å²) in [5.41, 5.74) is 0. The minimum atomic E-state index is 1.09. The van der Waals surface area contributed by atoms with Gasteiger partial charge in [-0.3, -0.25) is 0 Å². The van der Waals surface area contributed by atoms with E-state index in [1.54, 1.807) is 64.2 Å². The van der Waals surface area contributed by atoms with Crippen molar-refractivity contribution in [1.82, 2.24) is 0 Å². The van der Waals surface area contributed by atoms with E-state index in [0.717, 1.165) is 23.7 Å². The molecule has 0 spiro atoms. The van der Waals surface area contributed by atoms with Crippen LogP contribution in [0.4, 0.5) is 0 Å². The number of hydrogen-bond donors (Lipinski definition) is 0. The van der Waals surface area contributed by atoms with Crippen molar-refractivity contribution in [2.75, 3.05) is 0 Å². The van der Waals surface area contributed by atoms with Gasteiger partial charge in [0.2, 0.25) is 0 Å². The molecule has 0 heterocycles. The van der Waals surface area contributed by atoms with Gasteiger partial charge in [-0.2, -0.15) is 0 Å². The predicted octanol–water partition coefficient (Wildman–Crippen LogP) is 9.32. The highest BCUT2D eigenvalue weighted by Crippen LogP contribution is 2.36. The number of unbranched alkanes of at least 4 members (excludes halogenated alkanes) is 5. The molecule has 0 aromatic heterocycles. The summed E-state index contributed by atoms with van der Waals surface area (Å²) < 4.78 is 0. The summed E-state index contributed by atoms with van der Waals surface area (Å²) >= 11 is 0. The first-order chi connectivity index (χ1) is 12.8. The SMILES string of the molecule is CCCCC1CCC(CCCCCCC2CCC(CCCC)CC2)CC1. The maximum atomic E-state index is 2.34. The molecule has 0 heteroatoms. The van der Waals surface area contributed by atoms with Crippen molar-refractivity contribution >= 4 is 0 Å². The van der Waals surface area contributed by atoms with Crippen LogP contribution in [0.15, 0.2) is 0 Å². The van der Waals surface area contributed by atoms with Crippen LogP contribution in [0.5, 0.6) is 0 Å². The van der Waals surface area contributed by atoms with Crippen molar-refractivity contribution in [1.29, 1.82) is 0 Å². The molecule has 2 rings (SSSR count). The van der Waals surface area contributed by atoms with E-state index in [0.29, 0.717) is 0 Å². The van der Waals surface area contributed by atoms with E-state index in [4.69, 9.17) is 0 Å². The van der Waals surface area contributed by atoms with Crippen LogP contribution >= 0.6 is 0 Å². The van der Waals surface area contributed by atoms with E-state index in [2.05, 4.69) is 13.8 Å². The van der Waals surface area contributed by atoms with Crippen LogP contribution in [-0.4, -0.2) is 0 Å². The van der Waals surface area contributed by atoms with E-state index in [9.17, 15) is 0 Å². The zero-order valence-electron chi connectivity index (χ0n) is 18.5. The molecule has 0 N–H and O–H groups in total. The Hall–Kier alpha value is 0. The lowest BCUT2D eigenvalue weighted by atomic mass is 9.77. The minimum Gasteiger partial charge on any atom is -0.0654 e. The lowest BCUT2D eigenvalue weighted by Gasteiger charge is -2.29. The molecule has 0 nitrogen and oxygen atoms in total. The Labute approximate surface area is 166 Å². The minimum absolute atomic E-state index is 1.09. The van der Waals surface area contributed by atoms with E-state index in [-0.39, 0.29) is 0 Å². The predicted molar refractivity (Wildman–Crippen MR) is 118 cm³/mol. The summed E-state index contributed by atoms with van der Waals surface area (Å²) in [5.74, 6) is 4.35. The van der Waals surface area contributed by atoms with Gasteiger partial charge in [0.05, 0.1) is 0 Å². The van der Waals surface area contributed by atoms with Crippen molar-refractivity contribution in [3.05, 3.63) is 0 Å². The maximum Gasteiger partial charge on any atom is -0.0414 e. The molecule has 2 aliphatic rings. The normalized spacial score (nSPS) is 29.8. The summed E-state index contributed by atoms with van der Waals surface area (Å²) in [5, 5.41) is 0. The van der Waals surface area contributed by atoms with E-state index in [1.165, 1.54) is 64.2 Å². The van der Waals surface area contributed by atoms with Gasteiger partial charge in [0, 0.05) is 0 Å². The lowest BCUT2D eigenvalue weighted by molar-refractivity contribution is 0.240. The fourth-order valence-corrected chi connectivity index (χ4v) is 5.82. The summed E-state index contributed by atoms with van der Waals surface area (Å²) in [6.45, 7) is 4.68. The molecule has 0 aromatic carbocycles. The molecule has 26 heavy (non-hydrogen) atoms. The van der Waals surface area contributed by atoms with Gasteiger partial charge in [0.25, 0.3) is 0 Å². The largest absolute Gasteiger partial charge is 0.0654 e. The molecular weight excluding hydrogens is 312 g/mol. The van der Waals surface area contributed by atoms with Gasteiger partial charge in [-0.1, -0.05) is 142 Å². The molecule has 0 aromatic rings. The van der Waals surface area contributed by atoms with Crippen molar-refractivity contribution in [3.8, 4) is 0 Å². The topological polar surface area (TPSA) is 0 Å². The zero-order valence-corrected chi connectivity index (χ0v) is 18.5. The highest BCUT2D eigenvalue weighted by molar-refractivity contribution is 4.74. The molecule has 0 radical (unpaired) electrons. The van der Waals surface area contributed by atoms with Crippen LogP contribution in [0.2, 0.25) is 0 Å². The Bertz CT molecular complexity index is 272. The first kappa shape index (κ1) is 22.3. The number of hydrogen-bond acceptors (Lipinski definition) is 0. The third-order valence-electron chi connectivity index (χ3n) is 7.84. The second-order valence-corrected chi connectivity index (χ2v) is 10.0. The van der Waals surface area contributed by atoms with Gasteiger partial charge in [0.15, 0.2) is 0 Å². The van der Waals surface area contributed by atoms with Crippen LogP contribution in [0.25, 0.3) is 0 Å². The highest BCUT2D eigenvalue weighted by Gasteiger charge is 2.21. The lowest BCUT2D eigenvalue weighted by Crippen LogP contribution is -2.15. The molecule has 0 aliphatic heterocycles. The summed E-state index contributed by atoms with van der Waals surface area (Å²) in [7, 11) is 0. The molecule has 0 unspecified atom stereocenters. The van der Waals surface area contributed by atoms with Crippen LogP contribution < -0.4 is 0 Å². The maximum absolute atomic E-state index is 2.34.